The first-order chi connectivity index (χ1) is 7.69. The minimum atomic E-state index is -1.20. The Morgan fingerprint density at radius 2 is 1.35 bits per heavy atom. The summed E-state index contributed by atoms with van der Waals surface area (Å²) in [7, 11) is -2.41. The van der Waals surface area contributed by atoms with E-state index >= 15 is 0 Å². The molecule has 1 nitrogen and oxygen atoms in total. The summed E-state index contributed by atoms with van der Waals surface area (Å²) in [4.78, 5) is 0. The molecule has 0 aliphatic heterocycles. The predicted molar refractivity (Wildman–Crippen MR) is 85.3 cm³/mol. The Kier molecular flexibility index (Phi) is 7.38. The average Bonchev–Trinajstić information content (AvgIpc) is 2.12. The van der Waals surface area contributed by atoms with E-state index in [1.54, 1.807) is 0 Å². The molecule has 0 heterocycles. The zero-order valence-electron chi connectivity index (χ0n) is 13.0. The minimum absolute atomic E-state index is 0.998. The van der Waals surface area contributed by atoms with Crippen LogP contribution < -0.4 is 0 Å². The van der Waals surface area contributed by atoms with Crippen LogP contribution in [0.5, 0.6) is 0 Å². The summed E-state index contributed by atoms with van der Waals surface area (Å²) in [6.45, 7) is 17.8. The first-order valence-electron chi connectivity index (χ1n) is 6.93. The molecule has 0 rings (SSSR count). The maximum absolute atomic E-state index is 3.40. The molecule has 0 amide bonds. The highest BCUT2D eigenvalue weighted by Crippen LogP contribution is 2.18. The third-order valence-corrected chi connectivity index (χ3v) is 10.5. The van der Waals surface area contributed by atoms with Gasteiger partial charge in [0.15, 0.2) is 0 Å². The highest BCUT2D eigenvalue weighted by atomic mass is 28.4. The van der Waals surface area contributed by atoms with Gasteiger partial charge in [0, 0.05) is 13.0 Å². The van der Waals surface area contributed by atoms with E-state index in [1.165, 1.54) is 19.3 Å². The van der Waals surface area contributed by atoms with E-state index in [0.29, 0.717) is 0 Å². The van der Waals surface area contributed by atoms with Crippen LogP contribution in [0.15, 0.2) is 0 Å². The van der Waals surface area contributed by atoms with Crippen molar-refractivity contribution < 1.29 is 0 Å². The molecular formula is C14H31NSi2. The number of hydrogen-bond donors (Lipinski definition) is 0. The third kappa shape index (κ3) is 7.80. The summed E-state index contributed by atoms with van der Waals surface area (Å²) in [6.07, 6.45) is 4.96. The molecule has 0 aliphatic carbocycles. The van der Waals surface area contributed by atoms with Crippen molar-refractivity contribution in [2.45, 2.75) is 71.9 Å². The molecule has 0 aliphatic rings. The van der Waals surface area contributed by atoms with Crippen LogP contribution in [0.25, 0.3) is 0 Å². The van der Waals surface area contributed by atoms with Gasteiger partial charge in [0.1, 0.15) is 16.5 Å². The second-order valence-corrected chi connectivity index (χ2v) is 16.9. The predicted octanol–water partition coefficient (Wildman–Crippen LogP) is 4.54. The van der Waals surface area contributed by atoms with E-state index in [9.17, 15) is 0 Å². The molecule has 0 spiro atoms. The van der Waals surface area contributed by atoms with Gasteiger partial charge in [0.05, 0.1) is 0 Å². The molecule has 0 N–H and O–H groups in total. The van der Waals surface area contributed by atoms with Gasteiger partial charge in [0.25, 0.3) is 0 Å². The van der Waals surface area contributed by atoms with Crippen molar-refractivity contribution >= 4 is 16.5 Å². The van der Waals surface area contributed by atoms with Crippen molar-refractivity contribution in [1.29, 1.82) is 0 Å². The van der Waals surface area contributed by atoms with E-state index < -0.39 is 16.5 Å². The van der Waals surface area contributed by atoms with Gasteiger partial charge >= 0.3 is 0 Å². The molecule has 0 aromatic carbocycles. The molecule has 0 saturated heterocycles. The summed E-state index contributed by atoms with van der Waals surface area (Å²) >= 11 is 0. The van der Waals surface area contributed by atoms with Crippen LogP contribution in [-0.2, 0) is 0 Å². The number of unbranched alkanes of at least 4 members (excludes halogenated alkanes) is 3. The normalized spacial score (nSPS) is 12.5. The Hall–Kier alpha value is -0.0462. The number of rotatable bonds is 6. The van der Waals surface area contributed by atoms with Gasteiger partial charge in [-0.25, -0.2) is 0 Å². The van der Waals surface area contributed by atoms with E-state index in [-0.39, 0.29) is 0 Å². The van der Waals surface area contributed by atoms with Crippen molar-refractivity contribution in [2.24, 2.45) is 0 Å². The molecule has 0 atom stereocenters. The fourth-order valence-corrected chi connectivity index (χ4v) is 11.3. The monoisotopic (exact) mass is 269 g/mol. The largest absolute Gasteiger partial charge is 0.336 e. The van der Waals surface area contributed by atoms with Crippen LogP contribution in [0.2, 0.25) is 39.3 Å². The van der Waals surface area contributed by atoms with E-state index in [4.69, 9.17) is 0 Å². The Balaban J connectivity index is 4.29. The third-order valence-electron chi connectivity index (χ3n) is 2.89. The van der Waals surface area contributed by atoms with Crippen LogP contribution in [0.4, 0.5) is 0 Å². The molecule has 0 fully saturated rings. The lowest BCUT2D eigenvalue weighted by molar-refractivity contribution is 0.697. The summed E-state index contributed by atoms with van der Waals surface area (Å²) in [5, 5.41) is 0. The quantitative estimate of drug-likeness (QED) is 0.389. The first-order valence-corrected chi connectivity index (χ1v) is 13.8. The Labute approximate surface area is 111 Å². The molecule has 0 radical (unpaired) electrons. The highest BCUT2D eigenvalue weighted by Gasteiger charge is 2.33. The van der Waals surface area contributed by atoms with Gasteiger partial charge in [-0.1, -0.05) is 65.0 Å². The Morgan fingerprint density at radius 1 is 0.824 bits per heavy atom. The molecular weight excluding hydrogens is 238 g/mol. The topological polar surface area (TPSA) is 3.24 Å². The fourth-order valence-electron chi connectivity index (χ4n) is 2.17. The van der Waals surface area contributed by atoms with Crippen molar-refractivity contribution in [3.63, 3.8) is 0 Å². The smallest absolute Gasteiger partial charge is 0.113 e. The lowest BCUT2D eigenvalue weighted by Gasteiger charge is -2.42. The van der Waals surface area contributed by atoms with Crippen LogP contribution in [0.3, 0.4) is 0 Å². The van der Waals surface area contributed by atoms with Gasteiger partial charge in [-0.2, -0.15) is 0 Å². The molecule has 100 valence electrons. The molecule has 0 bridgehead atoms. The molecule has 3 heteroatoms. The van der Waals surface area contributed by atoms with E-state index in [0.717, 1.165) is 13.0 Å². The highest BCUT2D eigenvalue weighted by molar-refractivity contribution is 6.89. The van der Waals surface area contributed by atoms with Crippen LogP contribution in [-0.4, -0.2) is 27.2 Å². The van der Waals surface area contributed by atoms with Crippen LogP contribution in [0, 0.1) is 11.8 Å². The van der Waals surface area contributed by atoms with Gasteiger partial charge in [-0.3, -0.25) is 0 Å². The summed E-state index contributed by atoms with van der Waals surface area (Å²) in [5.41, 5.74) is 0. The lowest BCUT2D eigenvalue weighted by Crippen LogP contribution is -2.59. The van der Waals surface area contributed by atoms with E-state index in [2.05, 4.69) is 62.3 Å². The second kappa shape index (κ2) is 7.40. The van der Waals surface area contributed by atoms with Crippen molar-refractivity contribution in [1.82, 2.24) is 4.23 Å². The van der Waals surface area contributed by atoms with Crippen molar-refractivity contribution in [3.8, 4) is 11.8 Å². The summed E-state index contributed by atoms with van der Waals surface area (Å²) in [5.74, 6) is 6.75. The second-order valence-electron chi connectivity index (χ2n) is 6.74. The molecule has 0 aromatic heterocycles. The van der Waals surface area contributed by atoms with Crippen LogP contribution in [0.1, 0.15) is 32.6 Å². The lowest BCUT2D eigenvalue weighted by atomic mass is 10.2. The molecule has 0 unspecified atom stereocenters. The summed E-state index contributed by atoms with van der Waals surface area (Å²) in [6, 6.07) is 0. The average molecular weight is 270 g/mol. The van der Waals surface area contributed by atoms with Crippen molar-refractivity contribution in [3.05, 3.63) is 0 Å². The van der Waals surface area contributed by atoms with Gasteiger partial charge in [-0.15, -0.1) is 5.92 Å². The van der Waals surface area contributed by atoms with Crippen molar-refractivity contribution in [2.75, 3.05) is 6.54 Å². The minimum Gasteiger partial charge on any atom is -0.336 e. The Bertz CT molecular complexity index is 249. The number of hydrogen-bond acceptors (Lipinski definition) is 1. The van der Waals surface area contributed by atoms with Gasteiger partial charge < -0.3 is 4.23 Å². The Morgan fingerprint density at radius 3 is 1.76 bits per heavy atom. The molecule has 0 saturated carbocycles. The standard InChI is InChI=1S/C14H31NSi2/c1-8-9-10-11-12-13-14-15(16(2,3)4)17(5,6)7/h8-11,14H2,1-7H3. The van der Waals surface area contributed by atoms with Gasteiger partial charge in [0.2, 0.25) is 0 Å². The zero-order chi connectivity index (χ0) is 13.5. The maximum Gasteiger partial charge on any atom is 0.113 e. The van der Waals surface area contributed by atoms with E-state index in [1.807, 2.05) is 0 Å². The molecule has 17 heavy (non-hydrogen) atoms. The van der Waals surface area contributed by atoms with Crippen LogP contribution >= 0.6 is 0 Å². The SMILES string of the molecule is CCCCCC#CCN([Si](C)(C)C)[Si](C)(C)C. The fraction of sp³-hybridized carbons (Fsp3) is 0.857. The maximum atomic E-state index is 3.40. The molecule has 0 aromatic rings. The zero-order valence-corrected chi connectivity index (χ0v) is 15.0. The first kappa shape index (κ1) is 17.0. The number of nitrogens with zero attached hydrogens (tertiary/aromatic N) is 1. The van der Waals surface area contributed by atoms with Gasteiger partial charge in [-0.05, 0) is 6.42 Å². The summed E-state index contributed by atoms with van der Waals surface area (Å²) < 4.78 is 2.74.